The molecular weight excluding hydrogens is 212 g/mol. The number of benzene rings is 1. The number of anilines is 1. The van der Waals surface area contributed by atoms with E-state index in [1.807, 2.05) is 35.2 Å². The Balaban J connectivity index is 2.76. The number of rotatable bonds is 6. The molecule has 2 N–H and O–H groups in total. The Bertz CT molecular complexity index is 335. The normalized spacial score (nSPS) is 10.6. The van der Waals surface area contributed by atoms with E-state index in [2.05, 4.69) is 13.8 Å². The van der Waals surface area contributed by atoms with Crippen molar-refractivity contribution in [2.24, 2.45) is 11.7 Å². The van der Waals surface area contributed by atoms with Crippen molar-refractivity contribution >= 4 is 11.6 Å². The van der Waals surface area contributed by atoms with Crippen LogP contribution in [0, 0.1) is 5.92 Å². The Morgan fingerprint density at radius 2 is 1.94 bits per heavy atom. The lowest BCUT2D eigenvalue weighted by Gasteiger charge is -2.23. The molecule has 3 heteroatoms. The van der Waals surface area contributed by atoms with Gasteiger partial charge in [0.2, 0.25) is 5.91 Å². The molecule has 0 spiro atoms. The molecule has 0 fully saturated rings. The SMILES string of the molecule is CC(C)CC(=O)N(CCCN)c1ccccc1. The summed E-state index contributed by atoms with van der Waals surface area (Å²) in [5, 5.41) is 0. The van der Waals surface area contributed by atoms with E-state index in [4.69, 9.17) is 5.73 Å². The number of nitrogens with two attached hydrogens (primary N) is 1. The Labute approximate surface area is 104 Å². The summed E-state index contributed by atoms with van der Waals surface area (Å²) in [4.78, 5) is 14.0. The minimum absolute atomic E-state index is 0.180. The molecule has 0 atom stereocenters. The van der Waals surface area contributed by atoms with Crippen molar-refractivity contribution in [3.05, 3.63) is 30.3 Å². The molecule has 17 heavy (non-hydrogen) atoms. The van der Waals surface area contributed by atoms with Crippen molar-refractivity contribution in [2.75, 3.05) is 18.0 Å². The zero-order chi connectivity index (χ0) is 12.7. The van der Waals surface area contributed by atoms with Crippen molar-refractivity contribution in [2.45, 2.75) is 26.7 Å². The molecule has 0 aliphatic carbocycles. The fraction of sp³-hybridized carbons (Fsp3) is 0.500. The van der Waals surface area contributed by atoms with Crippen molar-refractivity contribution < 1.29 is 4.79 Å². The molecule has 1 rings (SSSR count). The summed E-state index contributed by atoms with van der Waals surface area (Å²) in [6.07, 6.45) is 1.41. The van der Waals surface area contributed by atoms with E-state index in [0.29, 0.717) is 25.4 Å². The van der Waals surface area contributed by atoms with Crippen LogP contribution in [0.15, 0.2) is 30.3 Å². The zero-order valence-corrected chi connectivity index (χ0v) is 10.7. The van der Waals surface area contributed by atoms with Crippen LogP contribution in [0.25, 0.3) is 0 Å². The minimum Gasteiger partial charge on any atom is -0.330 e. The van der Waals surface area contributed by atoms with Crippen LogP contribution in [0.4, 0.5) is 5.69 Å². The monoisotopic (exact) mass is 234 g/mol. The fourth-order valence-corrected chi connectivity index (χ4v) is 1.71. The zero-order valence-electron chi connectivity index (χ0n) is 10.7. The molecule has 94 valence electrons. The van der Waals surface area contributed by atoms with Gasteiger partial charge in [0.15, 0.2) is 0 Å². The van der Waals surface area contributed by atoms with Crippen LogP contribution in [0.3, 0.4) is 0 Å². The lowest BCUT2D eigenvalue weighted by atomic mass is 10.1. The van der Waals surface area contributed by atoms with Crippen LogP contribution >= 0.6 is 0 Å². The van der Waals surface area contributed by atoms with Gasteiger partial charge in [0.25, 0.3) is 0 Å². The molecule has 0 aliphatic heterocycles. The molecule has 0 unspecified atom stereocenters. The smallest absolute Gasteiger partial charge is 0.227 e. The largest absolute Gasteiger partial charge is 0.330 e. The molecule has 0 saturated carbocycles. The van der Waals surface area contributed by atoms with E-state index in [1.165, 1.54) is 0 Å². The molecule has 0 aromatic heterocycles. The number of hydrogen-bond donors (Lipinski definition) is 1. The van der Waals surface area contributed by atoms with Gasteiger partial charge in [-0.1, -0.05) is 32.0 Å². The highest BCUT2D eigenvalue weighted by Gasteiger charge is 2.15. The van der Waals surface area contributed by atoms with Crippen molar-refractivity contribution in [3.8, 4) is 0 Å². The highest BCUT2D eigenvalue weighted by molar-refractivity contribution is 5.93. The number of hydrogen-bond acceptors (Lipinski definition) is 2. The number of nitrogens with zero attached hydrogens (tertiary/aromatic N) is 1. The van der Waals surface area contributed by atoms with Crippen LogP contribution < -0.4 is 10.6 Å². The van der Waals surface area contributed by atoms with Gasteiger partial charge in [0, 0.05) is 18.7 Å². The van der Waals surface area contributed by atoms with Crippen molar-refractivity contribution in [1.29, 1.82) is 0 Å². The maximum Gasteiger partial charge on any atom is 0.227 e. The van der Waals surface area contributed by atoms with Crippen LogP contribution in [-0.2, 0) is 4.79 Å². The first-order valence-electron chi connectivity index (χ1n) is 6.20. The van der Waals surface area contributed by atoms with Crippen LogP contribution in [0.5, 0.6) is 0 Å². The maximum atomic E-state index is 12.1. The molecule has 0 heterocycles. The lowest BCUT2D eigenvalue weighted by Crippen LogP contribution is -2.33. The van der Waals surface area contributed by atoms with Crippen LogP contribution in [0.2, 0.25) is 0 Å². The molecule has 1 aromatic rings. The molecule has 3 nitrogen and oxygen atoms in total. The molecule has 1 amide bonds. The fourth-order valence-electron chi connectivity index (χ4n) is 1.71. The second-order valence-electron chi connectivity index (χ2n) is 4.62. The molecule has 0 bridgehead atoms. The van der Waals surface area contributed by atoms with Gasteiger partial charge in [-0.25, -0.2) is 0 Å². The average molecular weight is 234 g/mol. The average Bonchev–Trinajstić information content (AvgIpc) is 2.30. The van der Waals surface area contributed by atoms with E-state index >= 15 is 0 Å². The number of carbonyl (C=O) groups excluding carboxylic acids is 1. The van der Waals surface area contributed by atoms with Gasteiger partial charge >= 0.3 is 0 Å². The van der Waals surface area contributed by atoms with Gasteiger partial charge in [-0.15, -0.1) is 0 Å². The molecule has 0 radical (unpaired) electrons. The third-order valence-corrected chi connectivity index (χ3v) is 2.54. The first-order valence-corrected chi connectivity index (χ1v) is 6.20. The summed E-state index contributed by atoms with van der Waals surface area (Å²) in [6.45, 7) is 5.43. The molecule has 0 aliphatic rings. The molecule has 1 aromatic carbocycles. The Morgan fingerprint density at radius 3 is 2.47 bits per heavy atom. The summed E-state index contributed by atoms with van der Waals surface area (Å²) < 4.78 is 0. The predicted molar refractivity (Wildman–Crippen MR) is 71.9 cm³/mol. The maximum absolute atomic E-state index is 12.1. The van der Waals surface area contributed by atoms with Crippen LogP contribution in [0.1, 0.15) is 26.7 Å². The first-order chi connectivity index (χ1) is 8.15. The van der Waals surface area contributed by atoms with E-state index in [0.717, 1.165) is 12.1 Å². The van der Waals surface area contributed by atoms with Gasteiger partial charge in [-0.2, -0.15) is 0 Å². The van der Waals surface area contributed by atoms with Gasteiger partial charge < -0.3 is 10.6 Å². The Kier molecular flexibility index (Phi) is 5.70. The highest BCUT2D eigenvalue weighted by atomic mass is 16.2. The third-order valence-electron chi connectivity index (χ3n) is 2.54. The summed E-state index contributed by atoms with van der Waals surface area (Å²) in [5.74, 6) is 0.561. The molecule has 0 saturated heterocycles. The van der Waals surface area contributed by atoms with Gasteiger partial charge in [0.1, 0.15) is 0 Å². The van der Waals surface area contributed by atoms with E-state index < -0.39 is 0 Å². The standard InChI is InChI=1S/C14H22N2O/c1-12(2)11-14(17)16(10-6-9-15)13-7-4-3-5-8-13/h3-5,7-8,12H,6,9-11,15H2,1-2H3. The summed E-state index contributed by atoms with van der Waals surface area (Å²) in [5.41, 5.74) is 6.48. The predicted octanol–water partition coefficient (Wildman–Crippen LogP) is 2.41. The second kappa shape index (κ2) is 7.07. The van der Waals surface area contributed by atoms with E-state index in [-0.39, 0.29) is 5.91 Å². The topological polar surface area (TPSA) is 46.3 Å². The van der Waals surface area contributed by atoms with Crippen LogP contribution in [-0.4, -0.2) is 19.0 Å². The van der Waals surface area contributed by atoms with Crippen molar-refractivity contribution in [3.63, 3.8) is 0 Å². The quantitative estimate of drug-likeness (QED) is 0.821. The van der Waals surface area contributed by atoms with E-state index in [1.54, 1.807) is 0 Å². The number of amides is 1. The number of carbonyl (C=O) groups is 1. The van der Waals surface area contributed by atoms with Gasteiger partial charge in [-0.05, 0) is 31.0 Å². The number of para-hydroxylation sites is 1. The minimum atomic E-state index is 0.180. The van der Waals surface area contributed by atoms with Gasteiger partial charge in [0.05, 0.1) is 0 Å². The summed E-state index contributed by atoms with van der Waals surface area (Å²) in [7, 11) is 0. The lowest BCUT2D eigenvalue weighted by molar-refractivity contribution is -0.119. The summed E-state index contributed by atoms with van der Waals surface area (Å²) in [6, 6.07) is 9.79. The third kappa shape index (κ3) is 4.57. The Morgan fingerprint density at radius 1 is 1.29 bits per heavy atom. The summed E-state index contributed by atoms with van der Waals surface area (Å²) >= 11 is 0. The Hall–Kier alpha value is -1.35. The first kappa shape index (κ1) is 13.7. The van der Waals surface area contributed by atoms with E-state index in [9.17, 15) is 4.79 Å². The molecular formula is C14H22N2O. The van der Waals surface area contributed by atoms with Gasteiger partial charge in [-0.3, -0.25) is 4.79 Å². The van der Waals surface area contributed by atoms with Crippen molar-refractivity contribution in [1.82, 2.24) is 0 Å². The second-order valence-corrected chi connectivity index (χ2v) is 4.62. The highest BCUT2D eigenvalue weighted by Crippen LogP contribution is 2.16.